The Morgan fingerprint density at radius 1 is 1.20 bits per heavy atom. The van der Waals surface area contributed by atoms with Gasteiger partial charge in [-0.25, -0.2) is 0 Å². The number of hydrogen-bond donors (Lipinski definition) is 0. The molecule has 6 heteroatoms. The molecule has 1 aromatic rings. The van der Waals surface area contributed by atoms with Crippen molar-refractivity contribution in [2.45, 2.75) is 52.8 Å². The van der Waals surface area contributed by atoms with Crippen LogP contribution < -0.4 is 4.90 Å². The molecule has 25 heavy (non-hydrogen) atoms. The average Bonchev–Trinajstić information content (AvgIpc) is 2.48. The highest BCUT2D eigenvalue weighted by atomic mass is 79.9. The summed E-state index contributed by atoms with van der Waals surface area (Å²) in [5.74, 6) is 0.0165. The molecule has 0 aliphatic heterocycles. The molecular formula is C19H32BrNO3Si. The Kier molecular flexibility index (Phi) is 8.32. The van der Waals surface area contributed by atoms with Gasteiger partial charge in [0, 0.05) is 23.6 Å². The molecule has 0 unspecified atom stereocenters. The number of hydrogen-bond acceptors (Lipinski definition) is 3. The molecule has 142 valence electrons. The van der Waals surface area contributed by atoms with Crippen LogP contribution in [-0.4, -0.2) is 40.6 Å². The zero-order valence-electron chi connectivity index (χ0n) is 16.6. The van der Waals surface area contributed by atoms with E-state index in [9.17, 15) is 4.79 Å². The van der Waals surface area contributed by atoms with Crippen molar-refractivity contribution in [3.63, 3.8) is 0 Å². The highest BCUT2D eigenvalue weighted by Crippen LogP contribution is 2.36. The number of benzene rings is 1. The second kappa shape index (κ2) is 9.30. The van der Waals surface area contributed by atoms with E-state index in [1.807, 2.05) is 25.1 Å². The predicted molar refractivity (Wildman–Crippen MR) is 111 cm³/mol. The van der Waals surface area contributed by atoms with Crippen LogP contribution in [0.3, 0.4) is 0 Å². The largest absolute Gasteiger partial charge is 0.414 e. The highest BCUT2D eigenvalue weighted by Gasteiger charge is 2.36. The molecule has 0 saturated heterocycles. The van der Waals surface area contributed by atoms with Crippen molar-refractivity contribution in [2.24, 2.45) is 0 Å². The molecule has 1 amide bonds. The maximum atomic E-state index is 11.9. The summed E-state index contributed by atoms with van der Waals surface area (Å²) in [4.78, 5) is 13.7. The summed E-state index contributed by atoms with van der Waals surface area (Å²) in [6, 6.07) is 5.92. The fraction of sp³-hybridized carbons (Fsp3) is 0.632. The van der Waals surface area contributed by atoms with Crippen LogP contribution in [-0.2, 0) is 14.0 Å². The van der Waals surface area contributed by atoms with E-state index >= 15 is 0 Å². The molecule has 0 fully saturated rings. The van der Waals surface area contributed by atoms with E-state index in [4.69, 9.17) is 9.16 Å². The smallest absolute Gasteiger partial charge is 0.223 e. The lowest BCUT2D eigenvalue weighted by molar-refractivity contribution is -0.116. The second-order valence-corrected chi connectivity index (χ2v) is 13.5. The van der Waals surface area contributed by atoms with Gasteiger partial charge in [0.25, 0.3) is 0 Å². The van der Waals surface area contributed by atoms with Crippen LogP contribution in [0.4, 0.5) is 5.69 Å². The fourth-order valence-electron chi connectivity index (χ4n) is 2.10. The minimum atomic E-state index is -1.72. The molecule has 0 atom stereocenters. The van der Waals surface area contributed by atoms with Gasteiger partial charge in [0.15, 0.2) is 8.32 Å². The van der Waals surface area contributed by atoms with Crippen LogP contribution >= 0.6 is 15.9 Å². The standard InChI is InChI=1S/C19H32BrNO3Si/c1-15-14-17(8-9-18(15)20)21(16(2)22)10-11-23-12-13-24-25(6,7)19(3,4)5/h8-9,14H,10-13H2,1-7H3. The van der Waals surface area contributed by atoms with Crippen molar-refractivity contribution in [2.75, 3.05) is 31.3 Å². The van der Waals surface area contributed by atoms with Crippen molar-refractivity contribution in [3.8, 4) is 0 Å². The average molecular weight is 430 g/mol. The van der Waals surface area contributed by atoms with Crippen molar-refractivity contribution in [3.05, 3.63) is 28.2 Å². The van der Waals surface area contributed by atoms with Crippen molar-refractivity contribution in [1.29, 1.82) is 0 Å². The third-order valence-corrected chi connectivity index (χ3v) is 10.2. The third-order valence-electron chi connectivity index (χ3n) is 4.79. The van der Waals surface area contributed by atoms with E-state index in [2.05, 4.69) is 49.8 Å². The van der Waals surface area contributed by atoms with Crippen molar-refractivity contribution < 1.29 is 14.0 Å². The first kappa shape index (κ1) is 22.3. The first-order chi connectivity index (χ1) is 11.5. The zero-order valence-corrected chi connectivity index (χ0v) is 19.2. The lowest BCUT2D eigenvalue weighted by Crippen LogP contribution is -2.41. The molecule has 1 aromatic carbocycles. The Hall–Kier alpha value is -0.693. The lowest BCUT2D eigenvalue weighted by atomic mass is 10.2. The van der Waals surface area contributed by atoms with Crippen LogP contribution in [0.15, 0.2) is 22.7 Å². The summed E-state index contributed by atoms with van der Waals surface area (Å²) in [7, 11) is -1.72. The number of halogens is 1. The summed E-state index contributed by atoms with van der Waals surface area (Å²) in [5.41, 5.74) is 2.00. The molecule has 0 radical (unpaired) electrons. The van der Waals surface area contributed by atoms with Crippen molar-refractivity contribution in [1.82, 2.24) is 0 Å². The molecule has 0 bridgehead atoms. The molecule has 0 aromatic heterocycles. The molecule has 0 N–H and O–H groups in total. The van der Waals surface area contributed by atoms with Gasteiger partial charge >= 0.3 is 0 Å². The van der Waals surface area contributed by atoms with E-state index in [1.165, 1.54) is 0 Å². The number of rotatable bonds is 8. The molecule has 4 nitrogen and oxygen atoms in total. The summed E-state index contributed by atoms with van der Waals surface area (Å²) >= 11 is 3.49. The van der Waals surface area contributed by atoms with Crippen LogP contribution in [0, 0.1) is 6.92 Å². The maximum absolute atomic E-state index is 11.9. The molecular weight excluding hydrogens is 398 g/mol. The Morgan fingerprint density at radius 3 is 2.36 bits per heavy atom. The van der Waals surface area contributed by atoms with Gasteiger partial charge in [-0.2, -0.15) is 0 Å². The summed E-state index contributed by atoms with van der Waals surface area (Å²) in [6.07, 6.45) is 0. The minimum Gasteiger partial charge on any atom is -0.414 e. The Morgan fingerprint density at radius 2 is 1.84 bits per heavy atom. The SMILES string of the molecule is CC(=O)N(CCOCCO[Si](C)(C)C(C)(C)C)c1ccc(Br)c(C)c1. The molecule has 1 rings (SSSR count). The van der Waals surface area contributed by atoms with E-state index < -0.39 is 8.32 Å². The van der Waals surface area contributed by atoms with Gasteiger partial charge in [-0.3, -0.25) is 4.79 Å². The third kappa shape index (κ3) is 6.85. The zero-order chi connectivity index (χ0) is 19.3. The van der Waals surface area contributed by atoms with E-state index in [-0.39, 0.29) is 10.9 Å². The second-order valence-electron chi connectivity index (χ2n) is 7.83. The normalized spacial score (nSPS) is 12.3. The molecule has 0 aliphatic rings. The number of anilines is 1. The number of aryl methyl sites for hydroxylation is 1. The molecule has 0 heterocycles. The summed E-state index contributed by atoms with van der Waals surface area (Å²) in [5, 5.41) is 0.206. The summed E-state index contributed by atoms with van der Waals surface area (Å²) < 4.78 is 12.8. The Labute approximate surface area is 162 Å². The van der Waals surface area contributed by atoms with Gasteiger partial charge in [-0.05, 0) is 48.8 Å². The van der Waals surface area contributed by atoms with Gasteiger partial charge in [0.05, 0.1) is 19.8 Å². The molecule has 0 aliphatic carbocycles. The van der Waals surface area contributed by atoms with Gasteiger partial charge in [-0.15, -0.1) is 0 Å². The highest BCUT2D eigenvalue weighted by molar-refractivity contribution is 9.10. The molecule has 0 saturated carbocycles. The summed E-state index contributed by atoms with van der Waals surface area (Å²) in [6.45, 7) is 16.9. The number of carbonyl (C=O) groups excluding carboxylic acids is 1. The van der Waals surface area contributed by atoms with Crippen LogP contribution in [0.2, 0.25) is 18.1 Å². The first-order valence-corrected chi connectivity index (χ1v) is 12.4. The van der Waals surface area contributed by atoms with E-state index in [0.29, 0.717) is 26.4 Å². The fourth-order valence-corrected chi connectivity index (χ4v) is 3.37. The molecule has 0 spiro atoms. The maximum Gasteiger partial charge on any atom is 0.223 e. The van der Waals surface area contributed by atoms with Crippen LogP contribution in [0.1, 0.15) is 33.3 Å². The number of carbonyl (C=O) groups is 1. The topological polar surface area (TPSA) is 38.8 Å². The predicted octanol–water partition coefficient (Wildman–Crippen LogP) is 5.15. The van der Waals surface area contributed by atoms with Gasteiger partial charge in [0.1, 0.15) is 0 Å². The first-order valence-electron chi connectivity index (χ1n) is 8.71. The minimum absolute atomic E-state index is 0.0165. The Balaban J connectivity index is 2.45. The number of nitrogens with zero attached hydrogens (tertiary/aromatic N) is 1. The monoisotopic (exact) mass is 429 g/mol. The Bertz CT molecular complexity index is 585. The lowest BCUT2D eigenvalue weighted by Gasteiger charge is -2.36. The number of amides is 1. The van der Waals surface area contributed by atoms with Gasteiger partial charge in [0.2, 0.25) is 5.91 Å². The number of ether oxygens (including phenoxy) is 1. The van der Waals surface area contributed by atoms with Crippen molar-refractivity contribution >= 4 is 35.8 Å². The quantitative estimate of drug-likeness (QED) is 0.423. The van der Waals surface area contributed by atoms with Gasteiger partial charge < -0.3 is 14.1 Å². The van der Waals surface area contributed by atoms with Gasteiger partial charge in [-0.1, -0.05) is 36.7 Å². The van der Waals surface area contributed by atoms with Crippen LogP contribution in [0.5, 0.6) is 0 Å². The van der Waals surface area contributed by atoms with E-state index in [1.54, 1.807) is 11.8 Å². The van der Waals surface area contributed by atoms with Crippen LogP contribution in [0.25, 0.3) is 0 Å². The van der Waals surface area contributed by atoms with E-state index in [0.717, 1.165) is 15.7 Å².